The van der Waals surface area contributed by atoms with Crippen molar-refractivity contribution >= 4 is 17.4 Å². The van der Waals surface area contributed by atoms with E-state index in [4.69, 9.17) is 11.6 Å². The molecule has 0 atom stereocenters. The molecule has 100 valence electrons. The van der Waals surface area contributed by atoms with Crippen molar-refractivity contribution in [2.24, 2.45) is 5.92 Å². The van der Waals surface area contributed by atoms with Gasteiger partial charge in [0.05, 0.1) is 5.69 Å². The van der Waals surface area contributed by atoms with Crippen LogP contribution in [0.15, 0.2) is 24.3 Å². The SMILES string of the molecule is CC(C)C(=O)CCc1nnnn1-c1cccc(Cl)c1. The van der Waals surface area contributed by atoms with Crippen LogP contribution >= 0.6 is 11.6 Å². The zero-order chi connectivity index (χ0) is 13.8. The maximum atomic E-state index is 11.6. The van der Waals surface area contributed by atoms with Gasteiger partial charge in [0, 0.05) is 23.8 Å². The molecular weight excluding hydrogens is 264 g/mol. The van der Waals surface area contributed by atoms with Crippen LogP contribution in [0.5, 0.6) is 0 Å². The van der Waals surface area contributed by atoms with Crippen molar-refractivity contribution in [2.75, 3.05) is 0 Å². The van der Waals surface area contributed by atoms with E-state index in [9.17, 15) is 4.79 Å². The van der Waals surface area contributed by atoms with Crippen LogP contribution < -0.4 is 0 Å². The molecule has 0 spiro atoms. The lowest BCUT2D eigenvalue weighted by Gasteiger charge is -2.05. The molecule has 6 heteroatoms. The van der Waals surface area contributed by atoms with Gasteiger partial charge >= 0.3 is 0 Å². The van der Waals surface area contributed by atoms with Gasteiger partial charge in [-0.05, 0) is 28.6 Å². The van der Waals surface area contributed by atoms with Crippen molar-refractivity contribution in [2.45, 2.75) is 26.7 Å². The molecule has 5 nitrogen and oxygen atoms in total. The first-order valence-corrected chi connectivity index (χ1v) is 6.51. The highest BCUT2D eigenvalue weighted by Crippen LogP contribution is 2.15. The summed E-state index contributed by atoms with van der Waals surface area (Å²) in [7, 11) is 0. The monoisotopic (exact) mass is 278 g/mol. The van der Waals surface area contributed by atoms with Crippen molar-refractivity contribution in [3.8, 4) is 5.69 Å². The second-order valence-electron chi connectivity index (χ2n) is 4.61. The average molecular weight is 279 g/mol. The first-order valence-electron chi connectivity index (χ1n) is 6.14. The van der Waals surface area contributed by atoms with Gasteiger partial charge in [0.1, 0.15) is 5.78 Å². The largest absolute Gasteiger partial charge is 0.299 e. The molecule has 0 aliphatic rings. The fourth-order valence-corrected chi connectivity index (χ4v) is 1.88. The van der Waals surface area contributed by atoms with Crippen LogP contribution in [0.25, 0.3) is 5.69 Å². The van der Waals surface area contributed by atoms with Crippen LogP contribution in [-0.2, 0) is 11.2 Å². The standard InChI is InChI=1S/C13H15ClN4O/c1-9(2)12(19)6-7-13-15-16-17-18(13)11-5-3-4-10(14)8-11/h3-5,8-9H,6-7H2,1-2H3. The number of tetrazole rings is 1. The number of hydrogen-bond donors (Lipinski definition) is 0. The highest BCUT2D eigenvalue weighted by atomic mass is 35.5. The number of aryl methyl sites for hydroxylation is 1. The summed E-state index contributed by atoms with van der Waals surface area (Å²) in [5, 5.41) is 12.2. The minimum atomic E-state index is 0.0375. The van der Waals surface area contributed by atoms with E-state index < -0.39 is 0 Å². The smallest absolute Gasteiger partial charge is 0.157 e. The minimum absolute atomic E-state index is 0.0375. The number of hydrogen-bond acceptors (Lipinski definition) is 4. The number of rotatable bonds is 5. The van der Waals surface area contributed by atoms with Gasteiger partial charge in [-0.15, -0.1) is 5.10 Å². The highest BCUT2D eigenvalue weighted by Gasteiger charge is 2.12. The summed E-state index contributed by atoms with van der Waals surface area (Å²) in [6.45, 7) is 3.78. The first kappa shape index (κ1) is 13.7. The third-order valence-electron chi connectivity index (χ3n) is 2.83. The van der Waals surface area contributed by atoms with Crippen LogP contribution in [0, 0.1) is 5.92 Å². The molecule has 1 heterocycles. The quantitative estimate of drug-likeness (QED) is 0.843. The Bertz CT molecular complexity index is 580. The van der Waals surface area contributed by atoms with Crippen molar-refractivity contribution < 1.29 is 4.79 Å². The van der Waals surface area contributed by atoms with E-state index in [1.165, 1.54) is 0 Å². The average Bonchev–Trinajstić information content (AvgIpc) is 2.84. The highest BCUT2D eigenvalue weighted by molar-refractivity contribution is 6.30. The van der Waals surface area contributed by atoms with E-state index in [-0.39, 0.29) is 11.7 Å². The van der Waals surface area contributed by atoms with Gasteiger partial charge < -0.3 is 0 Å². The van der Waals surface area contributed by atoms with Crippen LogP contribution in [0.1, 0.15) is 26.1 Å². The number of benzene rings is 1. The van der Waals surface area contributed by atoms with Gasteiger partial charge in [-0.3, -0.25) is 4.79 Å². The predicted octanol–water partition coefficient (Wildman–Crippen LogP) is 2.47. The van der Waals surface area contributed by atoms with Crippen LogP contribution in [0.2, 0.25) is 5.02 Å². The van der Waals surface area contributed by atoms with Gasteiger partial charge in [0.15, 0.2) is 5.82 Å². The fourth-order valence-electron chi connectivity index (χ4n) is 1.69. The van der Waals surface area contributed by atoms with Crippen LogP contribution in [-0.4, -0.2) is 26.0 Å². The molecule has 1 aromatic heterocycles. The Labute approximate surface area is 116 Å². The molecular formula is C13H15ClN4O. The summed E-state index contributed by atoms with van der Waals surface area (Å²) in [5.74, 6) is 0.910. The fraction of sp³-hybridized carbons (Fsp3) is 0.385. The number of carbonyl (C=O) groups excluding carboxylic acids is 1. The number of halogens is 1. The molecule has 0 aliphatic heterocycles. The molecule has 1 aromatic carbocycles. The second-order valence-corrected chi connectivity index (χ2v) is 5.04. The van der Waals surface area contributed by atoms with E-state index in [0.29, 0.717) is 23.7 Å². The number of aromatic nitrogens is 4. The van der Waals surface area contributed by atoms with Crippen molar-refractivity contribution in [3.05, 3.63) is 35.1 Å². The van der Waals surface area contributed by atoms with Gasteiger partial charge in [-0.1, -0.05) is 31.5 Å². The van der Waals surface area contributed by atoms with E-state index in [2.05, 4.69) is 15.5 Å². The third kappa shape index (κ3) is 3.38. The number of carbonyl (C=O) groups is 1. The molecule has 19 heavy (non-hydrogen) atoms. The topological polar surface area (TPSA) is 60.7 Å². The normalized spacial score (nSPS) is 10.9. The summed E-state index contributed by atoms with van der Waals surface area (Å²) >= 11 is 5.95. The number of nitrogens with zero attached hydrogens (tertiary/aromatic N) is 4. The summed E-state index contributed by atoms with van der Waals surface area (Å²) in [5.41, 5.74) is 0.796. The van der Waals surface area contributed by atoms with Crippen molar-refractivity contribution in [1.29, 1.82) is 0 Å². The number of ketones is 1. The summed E-state index contributed by atoms with van der Waals surface area (Å²) < 4.78 is 1.61. The third-order valence-corrected chi connectivity index (χ3v) is 3.06. The van der Waals surface area contributed by atoms with Gasteiger partial charge in [-0.2, -0.15) is 4.68 Å². The molecule has 0 bridgehead atoms. The summed E-state index contributed by atoms with van der Waals surface area (Å²) in [6, 6.07) is 7.28. The molecule has 0 radical (unpaired) electrons. The molecule has 2 aromatic rings. The summed E-state index contributed by atoms with van der Waals surface area (Å²) in [6.07, 6.45) is 0.967. The molecule has 2 rings (SSSR count). The summed E-state index contributed by atoms with van der Waals surface area (Å²) in [4.78, 5) is 11.6. The zero-order valence-corrected chi connectivity index (χ0v) is 11.6. The molecule has 0 saturated carbocycles. The molecule has 0 fully saturated rings. The van der Waals surface area contributed by atoms with Crippen molar-refractivity contribution in [3.63, 3.8) is 0 Å². The van der Waals surface area contributed by atoms with E-state index >= 15 is 0 Å². The van der Waals surface area contributed by atoms with E-state index in [0.717, 1.165) is 5.69 Å². The van der Waals surface area contributed by atoms with E-state index in [1.807, 2.05) is 26.0 Å². The molecule has 0 N–H and O–H groups in total. The Morgan fingerprint density at radius 2 is 2.21 bits per heavy atom. The maximum Gasteiger partial charge on any atom is 0.157 e. The zero-order valence-electron chi connectivity index (χ0n) is 10.9. The molecule has 0 aliphatic carbocycles. The lowest BCUT2D eigenvalue weighted by atomic mass is 10.0. The van der Waals surface area contributed by atoms with Gasteiger partial charge in [0.25, 0.3) is 0 Å². The molecule has 0 saturated heterocycles. The van der Waals surface area contributed by atoms with Crippen LogP contribution in [0.4, 0.5) is 0 Å². The Morgan fingerprint density at radius 3 is 2.89 bits per heavy atom. The molecule has 0 unspecified atom stereocenters. The lowest BCUT2D eigenvalue weighted by molar-refractivity contribution is -0.121. The van der Waals surface area contributed by atoms with Gasteiger partial charge in [-0.25, -0.2) is 0 Å². The second kappa shape index (κ2) is 5.93. The minimum Gasteiger partial charge on any atom is -0.299 e. The maximum absolute atomic E-state index is 11.6. The molecule has 0 amide bonds. The van der Waals surface area contributed by atoms with Crippen LogP contribution in [0.3, 0.4) is 0 Å². The Hall–Kier alpha value is -1.75. The van der Waals surface area contributed by atoms with Gasteiger partial charge in [0.2, 0.25) is 0 Å². The van der Waals surface area contributed by atoms with E-state index in [1.54, 1.807) is 16.8 Å². The predicted molar refractivity (Wildman–Crippen MR) is 72.3 cm³/mol. The Balaban J connectivity index is 2.16. The lowest BCUT2D eigenvalue weighted by Crippen LogP contribution is -2.10. The Morgan fingerprint density at radius 1 is 1.42 bits per heavy atom. The first-order chi connectivity index (χ1) is 9.08. The number of Topliss-reactive ketones (excluding diaryl/α,β-unsaturated/α-hetero) is 1. The van der Waals surface area contributed by atoms with Crippen molar-refractivity contribution in [1.82, 2.24) is 20.2 Å². The Kier molecular flexibility index (Phi) is 4.27.